The molecule has 0 aliphatic carbocycles. The summed E-state index contributed by atoms with van der Waals surface area (Å²) in [4.78, 5) is 40.6. The average Bonchev–Trinajstić information content (AvgIpc) is 2.89. The molecule has 2 N–H and O–H groups in total. The molecule has 2 aliphatic rings. The molecule has 10 nitrogen and oxygen atoms in total. The van der Waals surface area contributed by atoms with Crippen LogP contribution in [0.2, 0.25) is 0 Å². The Balaban J connectivity index is 1.23. The lowest BCUT2D eigenvalue weighted by Crippen LogP contribution is -2.49. The van der Waals surface area contributed by atoms with Crippen molar-refractivity contribution in [3.8, 4) is 0 Å². The molecule has 3 amide bonds. The van der Waals surface area contributed by atoms with Crippen LogP contribution in [-0.4, -0.2) is 87.7 Å². The van der Waals surface area contributed by atoms with Gasteiger partial charge < -0.3 is 20.4 Å². The normalized spacial score (nSPS) is 17.1. The van der Waals surface area contributed by atoms with Crippen LogP contribution >= 0.6 is 0 Å². The van der Waals surface area contributed by atoms with Gasteiger partial charge in [-0.1, -0.05) is 18.2 Å². The zero-order valence-corrected chi connectivity index (χ0v) is 20.2. The number of anilines is 1. The third-order valence-corrected chi connectivity index (χ3v) is 8.00. The van der Waals surface area contributed by atoms with Gasteiger partial charge in [0.05, 0.1) is 11.4 Å². The molecule has 0 spiro atoms. The van der Waals surface area contributed by atoms with Crippen LogP contribution in [0.25, 0.3) is 0 Å². The van der Waals surface area contributed by atoms with Gasteiger partial charge >= 0.3 is 0 Å². The molecule has 0 atom stereocenters. The smallest absolute Gasteiger partial charge is 0.251 e. The summed E-state index contributed by atoms with van der Waals surface area (Å²) < 4.78 is 26.5. The highest BCUT2D eigenvalue weighted by molar-refractivity contribution is 7.89. The molecule has 0 saturated carbocycles. The van der Waals surface area contributed by atoms with Gasteiger partial charge in [-0.05, 0) is 36.4 Å². The Morgan fingerprint density at radius 2 is 1.60 bits per heavy atom. The van der Waals surface area contributed by atoms with Gasteiger partial charge in [0, 0.05) is 63.5 Å². The first-order valence-corrected chi connectivity index (χ1v) is 13.0. The molecule has 2 aliphatic heterocycles. The molecule has 0 aromatic heterocycles. The number of hydrogen-bond acceptors (Lipinski definition) is 6. The molecule has 4 rings (SSSR count). The summed E-state index contributed by atoms with van der Waals surface area (Å²) in [7, 11) is -3.81. The van der Waals surface area contributed by atoms with Crippen molar-refractivity contribution in [1.29, 1.82) is 0 Å². The molecule has 2 aromatic carbocycles. The van der Waals surface area contributed by atoms with Crippen LogP contribution in [0.5, 0.6) is 0 Å². The van der Waals surface area contributed by atoms with E-state index in [9.17, 15) is 22.8 Å². The van der Waals surface area contributed by atoms with E-state index < -0.39 is 10.0 Å². The Hall–Kier alpha value is -3.44. The second kappa shape index (κ2) is 10.9. The lowest BCUT2D eigenvalue weighted by atomic mass is 10.2. The Labute approximate surface area is 204 Å². The molecule has 35 heavy (non-hydrogen) atoms. The first kappa shape index (κ1) is 24.7. The first-order chi connectivity index (χ1) is 16.8. The number of nitrogens with one attached hydrogen (secondary N) is 2. The van der Waals surface area contributed by atoms with Crippen molar-refractivity contribution >= 4 is 33.4 Å². The SMILES string of the molecule is O=C1CN(S(=O)(=O)c2ccc(C(=O)NCCC(=O)N3CCN(c4ccccc4)CC3)cc2)CCN1. The number of rotatable bonds is 7. The van der Waals surface area contributed by atoms with Crippen molar-refractivity contribution in [2.24, 2.45) is 0 Å². The van der Waals surface area contributed by atoms with Crippen molar-refractivity contribution in [2.45, 2.75) is 11.3 Å². The number of hydrogen-bond donors (Lipinski definition) is 2. The molecule has 2 saturated heterocycles. The monoisotopic (exact) mass is 499 g/mol. The van der Waals surface area contributed by atoms with Gasteiger partial charge in [0.25, 0.3) is 5.91 Å². The molecule has 0 radical (unpaired) electrons. The molecule has 186 valence electrons. The highest BCUT2D eigenvalue weighted by atomic mass is 32.2. The molecule has 2 aromatic rings. The lowest BCUT2D eigenvalue weighted by Gasteiger charge is -2.36. The van der Waals surface area contributed by atoms with Crippen LogP contribution in [0.3, 0.4) is 0 Å². The van der Waals surface area contributed by atoms with E-state index in [1.807, 2.05) is 23.1 Å². The van der Waals surface area contributed by atoms with Crippen molar-refractivity contribution in [1.82, 2.24) is 19.8 Å². The van der Waals surface area contributed by atoms with Crippen LogP contribution in [0.15, 0.2) is 59.5 Å². The van der Waals surface area contributed by atoms with Crippen molar-refractivity contribution in [2.75, 3.05) is 57.3 Å². The Morgan fingerprint density at radius 3 is 2.26 bits per heavy atom. The van der Waals surface area contributed by atoms with Gasteiger partial charge in [0.15, 0.2) is 0 Å². The highest BCUT2D eigenvalue weighted by Crippen LogP contribution is 2.18. The molecule has 2 fully saturated rings. The summed E-state index contributed by atoms with van der Waals surface area (Å²) in [6.45, 7) is 3.23. The highest BCUT2D eigenvalue weighted by Gasteiger charge is 2.29. The van der Waals surface area contributed by atoms with Gasteiger partial charge in [-0.25, -0.2) is 8.42 Å². The molecule has 2 heterocycles. The van der Waals surface area contributed by atoms with E-state index in [-0.39, 0.29) is 55.2 Å². The molecule has 0 bridgehead atoms. The Kier molecular flexibility index (Phi) is 7.67. The lowest BCUT2D eigenvalue weighted by molar-refractivity contribution is -0.131. The van der Waals surface area contributed by atoms with Gasteiger partial charge in [-0.15, -0.1) is 0 Å². The van der Waals surface area contributed by atoms with Crippen molar-refractivity contribution in [3.63, 3.8) is 0 Å². The van der Waals surface area contributed by atoms with Crippen LogP contribution in [-0.2, 0) is 19.6 Å². The minimum absolute atomic E-state index is 0.00924. The fourth-order valence-electron chi connectivity index (χ4n) is 4.14. The number of piperazine rings is 2. The van der Waals surface area contributed by atoms with E-state index in [1.54, 1.807) is 0 Å². The number of amides is 3. The standard InChI is InChI=1S/C24H29N5O5S/c30-22-18-29(13-12-25-22)35(33,34)21-8-6-19(7-9-21)24(32)26-11-10-23(31)28-16-14-27(15-17-28)20-4-2-1-3-5-20/h1-9H,10-18H2,(H,25,30)(H,26,32). The van der Waals surface area contributed by atoms with Gasteiger partial charge in [-0.3, -0.25) is 14.4 Å². The zero-order valence-electron chi connectivity index (χ0n) is 19.4. The maximum Gasteiger partial charge on any atom is 0.251 e. The second-order valence-corrected chi connectivity index (χ2v) is 10.4. The van der Waals surface area contributed by atoms with E-state index in [0.29, 0.717) is 18.7 Å². The number of nitrogens with zero attached hydrogens (tertiary/aromatic N) is 3. The Bertz CT molecular complexity index is 1160. The Morgan fingerprint density at radius 1 is 0.914 bits per heavy atom. The number of para-hydroxylation sites is 1. The molecule has 0 unspecified atom stereocenters. The largest absolute Gasteiger partial charge is 0.368 e. The molecule has 11 heteroatoms. The molecular formula is C24H29N5O5S. The number of benzene rings is 2. The van der Waals surface area contributed by atoms with E-state index in [2.05, 4.69) is 27.7 Å². The number of carbonyl (C=O) groups is 3. The minimum atomic E-state index is -3.81. The maximum absolute atomic E-state index is 12.7. The fourth-order valence-corrected chi connectivity index (χ4v) is 5.54. The van der Waals surface area contributed by atoms with E-state index in [0.717, 1.165) is 23.1 Å². The average molecular weight is 500 g/mol. The van der Waals surface area contributed by atoms with Crippen LogP contribution in [0.4, 0.5) is 5.69 Å². The number of sulfonamides is 1. The zero-order chi connectivity index (χ0) is 24.8. The molecular weight excluding hydrogens is 470 g/mol. The summed E-state index contributed by atoms with van der Waals surface area (Å²) in [6.07, 6.45) is 0.195. The van der Waals surface area contributed by atoms with E-state index >= 15 is 0 Å². The summed E-state index contributed by atoms with van der Waals surface area (Å²) in [5, 5.41) is 5.31. The van der Waals surface area contributed by atoms with Gasteiger partial charge in [0.2, 0.25) is 21.8 Å². The third kappa shape index (κ3) is 5.98. The predicted molar refractivity (Wildman–Crippen MR) is 130 cm³/mol. The predicted octanol–water partition coefficient (Wildman–Crippen LogP) is 0.276. The van der Waals surface area contributed by atoms with Crippen molar-refractivity contribution < 1.29 is 22.8 Å². The maximum atomic E-state index is 12.7. The van der Waals surface area contributed by atoms with Crippen LogP contribution < -0.4 is 15.5 Å². The first-order valence-electron chi connectivity index (χ1n) is 11.6. The van der Waals surface area contributed by atoms with Crippen molar-refractivity contribution in [3.05, 3.63) is 60.2 Å². The summed E-state index contributed by atoms with van der Waals surface area (Å²) in [5.74, 6) is -0.735. The van der Waals surface area contributed by atoms with E-state index in [4.69, 9.17) is 0 Å². The topological polar surface area (TPSA) is 119 Å². The van der Waals surface area contributed by atoms with Crippen LogP contribution in [0.1, 0.15) is 16.8 Å². The minimum Gasteiger partial charge on any atom is -0.368 e. The summed E-state index contributed by atoms with van der Waals surface area (Å²) in [6, 6.07) is 15.6. The quantitative estimate of drug-likeness (QED) is 0.565. The third-order valence-electron chi connectivity index (χ3n) is 6.14. The number of carbonyl (C=O) groups excluding carboxylic acids is 3. The summed E-state index contributed by atoms with van der Waals surface area (Å²) >= 11 is 0. The second-order valence-electron chi connectivity index (χ2n) is 8.42. The van der Waals surface area contributed by atoms with Gasteiger partial charge in [-0.2, -0.15) is 4.31 Å². The summed E-state index contributed by atoms with van der Waals surface area (Å²) in [5.41, 5.74) is 1.44. The van der Waals surface area contributed by atoms with Crippen LogP contribution in [0, 0.1) is 0 Å². The van der Waals surface area contributed by atoms with Gasteiger partial charge in [0.1, 0.15) is 0 Å². The fraction of sp³-hybridized carbons (Fsp3) is 0.375. The van der Waals surface area contributed by atoms with E-state index in [1.165, 1.54) is 24.3 Å².